The van der Waals surface area contributed by atoms with Crippen molar-refractivity contribution in [1.82, 2.24) is 10.2 Å². The number of nitrogens with one attached hydrogen (secondary N) is 1. The lowest BCUT2D eigenvalue weighted by Crippen LogP contribution is -2.44. The van der Waals surface area contributed by atoms with Crippen LogP contribution in [0.25, 0.3) is 0 Å². The summed E-state index contributed by atoms with van der Waals surface area (Å²) in [4.78, 5) is 37.1. The lowest BCUT2D eigenvalue weighted by molar-refractivity contribution is -0.149. The van der Waals surface area contributed by atoms with Gasteiger partial charge in [0.25, 0.3) is 0 Å². The summed E-state index contributed by atoms with van der Waals surface area (Å²) < 4.78 is 0. The fourth-order valence-electron chi connectivity index (χ4n) is 2.73. The average Bonchev–Trinajstić information content (AvgIpc) is 2.67. The molecule has 0 heterocycles. The summed E-state index contributed by atoms with van der Waals surface area (Å²) in [5.74, 6) is -1.54. The molecule has 6 heteroatoms. The van der Waals surface area contributed by atoms with Crippen LogP contribution in [0.5, 0.6) is 0 Å². The Hall–Kier alpha value is -3.15. The third kappa shape index (κ3) is 6.58. The highest BCUT2D eigenvalue weighted by Gasteiger charge is 2.26. The molecule has 2 amide bonds. The summed E-state index contributed by atoms with van der Waals surface area (Å²) in [6.07, 6.45) is 0.533. The van der Waals surface area contributed by atoms with Crippen LogP contribution in [-0.2, 0) is 27.2 Å². The second-order valence-corrected chi connectivity index (χ2v) is 6.31. The number of rotatable bonds is 9. The molecule has 0 spiro atoms. The third-order valence-electron chi connectivity index (χ3n) is 4.29. The molecule has 0 radical (unpaired) electrons. The van der Waals surface area contributed by atoms with Crippen LogP contribution in [0.3, 0.4) is 0 Å². The van der Waals surface area contributed by atoms with Crippen LogP contribution in [0.1, 0.15) is 17.5 Å². The number of amides is 2. The molecule has 0 aliphatic carbocycles. The van der Waals surface area contributed by atoms with Gasteiger partial charge < -0.3 is 15.3 Å². The first-order valence-electron chi connectivity index (χ1n) is 8.80. The Labute approximate surface area is 158 Å². The minimum Gasteiger partial charge on any atom is -0.480 e. The second kappa shape index (κ2) is 10.1. The zero-order chi connectivity index (χ0) is 19.6. The number of aliphatic carboxylic acids is 1. The summed E-state index contributed by atoms with van der Waals surface area (Å²) in [5.41, 5.74) is 1.74. The van der Waals surface area contributed by atoms with Crippen LogP contribution in [0.15, 0.2) is 60.7 Å². The number of carboxylic acids is 1. The normalized spacial score (nSPS) is 11.4. The molecule has 2 N–H and O–H groups in total. The number of carbonyl (C=O) groups is 3. The molecule has 2 aromatic carbocycles. The maximum atomic E-state index is 12.3. The predicted molar refractivity (Wildman–Crippen MR) is 102 cm³/mol. The first-order valence-corrected chi connectivity index (χ1v) is 8.80. The van der Waals surface area contributed by atoms with Crippen LogP contribution >= 0.6 is 0 Å². The lowest BCUT2D eigenvalue weighted by atomic mass is 10.0. The Balaban J connectivity index is 1.82. The van der Waals surface area contributed by atoms with Gasteiger partial charge in [0.1, 0.15) is 6.04 Å². The van der Waals surface area contributed by atoms with E-state index in [4.69, 9.17) is 0 Å². The average molecular weight is 368 g/mol. The van der Waals surface area contributed by atoms with E-state index in [0.717, 1.165) is 11.1 Å². The molecule has 0 aliphatic rings. The van der Waals surface area contributed by atoms with Gasteiger partial charge in [0, 0.05) is 26.4 Å². The molecule has 0 aliphatic heterocycles. The highest BCUT2D eigenvalue weighted by molar-refractivity contribution is 5.84. The molecule has 1 unspecified atom stereocenters. The Morgan fingerprint density at radius 3 is 2.07 bits per heavy atom. The van der Waals surface area contributed by atoms with Crippen LogP contribution in [0, 0.1) is 0 Å². The van der Waals surface area contributed by atoms with Gasteiger partial charge in [-0.25, -0.2) is 4.79 Å². The molecule has 0 saturated carbocycles. The quantitative estimate of drug-likeness (QED) is 0.708. The van der Waals surface area contributed by atoms with Crippen molar-refractivity contribution in [2.75, 3.05) is 13.6 Å². The van der Waals surface area contributed by atoms with E-state index in [0.29, 0.717) is 0 Å². The Morgan fingerprint density at radius 2 is 1.52 bits per heavy atom. The minimum atomic E-state index is -1.05. The van der Waals surface area contributed by atoms with Gasteiger partial charge in [0.15, 0.2) is 0 Å². The number of likely N-dealkylation sites (N-methyl/N-ethyl adjacent to an activating group) is 1. The van der Waals surface area contributed by atoms with Gasteiger partial charge in [-0.15, -0.1) is 0 Å². The molecule has 0 saturated heterocycles. The van der Waals surface area contributed by atoms with E-state index in [1.54, 1.807) is 0 Å². The number of carboxylic acid groups (broad SMARTS) is 1. The molecular weight excluding hydrogens is 344 g/mol. The molecule has 142 valence electrons. The molecule has 6 nitrogen and oxygen atoms in total. The van der Waals surface area contributed by atoms with E-state index in [-0.39, 0.29) is 37.6 Å². The van der Waals surface area contributed by atoms with Crippen molar-refractivity contribution in [3.05, 3.63) is 71.8 Å². The van der Waals surface area contributed by atoms with Gasteiger partial charge in [-0.1, -0.05) is 60.7 Å². The van der Waals surface area contributed by atoms with Crippen molar-refractivity contribution in [3.63, 3.8) is 0 Å². The number of benzene rings is 2. The van der Waals surface area contributed by atoms with Crippen molar-refractivity contribution < 1.29 is 19.5 Å². The first-order chi connectivity index (χ1) is 13.0. The van der Waals surface area contributed by atoms with Crippen molar-refractivity contribution in [2.24, 2.45) is 0 Å². The van der Waals surface area contributed by atoms with E-state index in [1.165, 1.54) is 11.9 Å². The lowest BCUT2D eigenvalue weighted by Gasteiger charge is -2.25. The van der Waals surface area contributed by atoms with Crippen molar-refractivity contribution in [2.45, 2.75) is 25.3 Å². The van der Waals surface area contributed by atoms with Crippen LogP contribution in [0.4, 0.5) is 0 Å². The first kappa shape index (κ1) is 20.2. The molecule has 1 atom stereocenters. The van der Waals surface area contributed by atoms with Crippen LogP contribution in [-0.4, -0.2) is 47.4 Å². The van der Waals surface area contributed by atoms with Crippen molar-refractivity contribution in [3.8, 4) is 0 Å². The van der Waals surface area contributed by atoms with E-state index in [9.17, 15) is 19.5 Å². The van der Waals surface area contributed by atoms with Gasteiger partial charge in [0.2, 0.25) is 11.8 Å². The standard InChI is InChI=1S/C21H24N2O4/c1-23(18(21(26)27)14-16-8-4-2-5-9-16)20(25)12-13-22-19(24)15-17-10-6-3-7-11-17/h2-11,18H,12-15H2,1H3,(H,22,24)(H,26,27). The van der Waals surface area contributed by atoms with Gasteiger partial charge in [0.05, 0.1) is 6.42 Å². The number of hydrogen-bond acceptors (Lipinski definition) is 3. The van der Waals surface area contributed by atoms with Gasteiger partial charge in [-0.2, -0.15) is 0 Å². The van der Waals surface area contributed by atoms with Gasteiger partial charge >= 0.3 is 5.97 Å². The molecule has 0 aromatic heterocycles. The maximum absolute atomic E-state index is 12.3. The Morgan fingerprint density at radius 1 is 0.963 bits per heavy atom. The van der Waals surface area contributed by atoms with Crippen molar-refractivity contribution >= 4 is 17.8 Å². The molecular formula is C21H24N2O4. The summed E-state index contributed by atoms with van der Waals surface area (Å²) in [6, 6.07) is 17.6. The maximum Gasteiger partial charge on any atom is 0.326 e. The van der Waals surface area contributed by atoms with E-state index >= 15 is 0 Å². The highest BCUT2D eigenvalue weighted by atomic mass is 16.4. The summed E-state index contributed by atoms with van der Waals surface area (Å²) in [7, 11) is 1.48. The van der Waals surface area contributed by atoms with Crippen molar-refractivity contribution in [1.29, 1.82) is 0 Å². The van der Waals surface area contributed by atoms with Crippen LogP contribution < -0.4 is 5.32 Å². The number of hydrogen-bond donors (Lipinski definition) is 2. The SMILES string of the molecule is CN(C(=O)CCNC(=O)Cc1ccccc1)C(Cc1ccccc1)C(=O)O. The topological polar surface area (TPSA) is 86.7 Å². The monoisotopic (exact) mass is 368 g/mol. The summed E-state index contributed by atoms with van der Waals surface area (Å²) in [6.45, 7) is 0.173. The van der Waals surface area contributed by atoms with Gasteiger partial charge in [-0.05, 0) is 11.1 Å². The van der Waals surface area contributed by atoms with Gasteiger partial charge in [-0.3, -0.25) is 9.59 Å². The zero-order valence-corrected chi connectivity index (χ0v) is 15.3. The zero-order valence-electron chi connectivity index (χ0n) is 15.3. The fraction of sp³-hybridized carbons (Fsp3) is 0.286. The molecule has 27 heavy (non-hydrogen) atoms. The second-order valence-electron chi connectivity index (χ2n) is 6.31. The number of nitrogens with zero attached hydrogens (tertiary/aromatic N) is 1. The molecule has 0 fully saturated rings. The molecule has 0 bridgehead atoms. The Kier molecular flexibility index (Phi) is 7.55. The summed E-state index contributed by atoms with van der Waals surface area (Å²) >= 11 is 0. The largest absolute Gasteiger partial charge is 0.480 e. The molecule has 2 aromatic rings. The smallest absolute Gasteiger partial charge is 0.326 e. The van der Waals surface area contributed by atoms with E-state index in [2.05, 4.69) is 5.32 Å². The number of carbonyl (C=O) groups excluding carboxylic acids is 2. The van der Waals surface area contributed by atoms with E-state index in [1.807, 2.05) is 60.7 Å². The van der Waals surface area contributed by atoms with Crippen LogP contribution in [0.2, 0.25) is 0 Å². The minimum absolute atomic E-state index is 0.0512. The van der Waals surface area contributed by atoms with E-state index < -0.39 is 12.0 Å². The molecule has 2 rings (SSSR count). The fourth-order valence-corrected chi connectivity index (χ4v) is 2.73. The predicted octanol–water partition coefficient (Wildman–Crippen LogP) is 1.89. The Bertz CT molecular complexity index is 762. The summed E-state index contributed by atoms with van der Waals surface area (Å²) in [5, 5.41) is 12.2. The third-order valence-corrected chi connectivity index (χ3v) is 4.29. The highest BCUT2D eigenvalue weighted by Crippen LogP contribution is 2.09.